The number of alkyl halides is 2. The van der Waals surface area contributed by atoms with Crippen molar-refractivity contribution in [3.63, 3.8) is 0 Å². The van der Waals surface area contributed by atoms with Crippen molar-refractivity contribution in [2.75, 3.05) is 32.7 Å². The lowest BCUT2D eigenvalue weighted by Crippen LogP contribution is -2.36. The third-order valence-corrected chi connectivity index (χ3v) is 9.76. The van der Waals surface area contributed by atoms with Crippen molar-refractivity contribution in [3.05, 3.63) is 52.9 Å². The van der Waals surface area contributed by atoms with Crippen LogP contribution in [0.25, 0.3) is 20.8 Å². The van der Waals surface area contributed by atoms with Crippen LogP contribution in [-0.4, -0.2) is 70.8 Å². The number of aryl methyl sites for hydroxylation is 1. The Hall–Kier alpha value is -2.62. The Bertz CT molecular complexity index is 1460. The number of imidazole rings is 1. The fraction of sp³-hybridized carbons (Fsp3) is 0.548. The van der Waals surface area contributed by atoms with Crippen LogP contribution in [0.15, 0.2) is 36.1 Å². The number of allylic oxidation sites excluding steroid dienone is 3. The molecule has 9 heteroatoms. The molecular formula is C31H39F2N5OS. The van der Waals surface area contributed by atoms with Gasteiger partial charge in [0.25, 0.3) is 5.91 Å². The summed E-state index contributed by atoms with van der Waals surface area (Å²) in [7, 11) is 0. The summed E-state index contributed by atoms with van der Waals surface area (Å²) >= 11 is 1.53. The number of hydrogen-bond donors (Lipinski definition) is 2. The van der Waals surface area contributed by atoms with Crippen molar-refractivity contribution in [2.45, 2.75) is 76.7 Å². The molecule has 2 saturated heterocycles. The van der Waals surface area contributed by atoms with Crippen molar-refractivity contribution < 1.29 is 13.6 Å². The van der Waals surface area contributed by atoms with Gasteiger partial charge in [0.1, 0.15) is 11.8 Å². The largest absolute Gasteiger partial charge is 0.352 e. The molecule has 6 nitrogen and oxygen atoms in total. The number of thiazole rings is 1. The minimum atomic E-state index is -1.47. The van der Waals surface area contributed by atoms with E-state index in [9.17, 15) is 9.18 Å². The Morgan fingerprint density at radius 1 is 1.25 bits per heavy atom. The lowest BCUT2D eigenvalue weighted by Gasteiger charge is -2.30. The number of carbonyl (C=O) groups is 1. The molecule has 40 heavy (non-hydrogen) atoms. The topological polar surface area (TPSA) is 61.7 Å². The maximum Gasteiger partial charge on any atom is 0.251 e. The second kappa shape index (κ2) is 11.3. The summed E-state index contributed by atoms with van der Waals surface area (Å²) in [4.78, 5) is 21.0. The van der Waals surface area contributed by atoms with Gasteiger partial charge in [0.15, 0.2) is 4.96 Å². The van der Waals surface area contributed by atoms with E-state index in [0.717, 1.165) is 78.2 Å². The number of aromatic nitrogens is 2. The zero-order valence-electron chi connectivity index (χ0n) is 23.4. The maximum absolute atomic E-state index is 15.9. The first kappa shape index (κ1) is 27.5. The molecule has 2 fully saturated rings. The van der Waals surface area contributed by atoms with Crippen LogP contribution in [0.3, 0.4) is 0 Å². The highest BCUT2D eigenvalue weighted by molar-refractivity contribution is 7.23. The lowest BCUT2D eigenvalue weighted by atomic mass is 9.81. The minimum Gasteiger partial charge on any atom is -0.352 e. The van der Waals surface area contributed by atoms with Gasteiger partial charge in [0.05, 0.1) is 15.9 Å². The number of piperidine rings is 1. The summed E-state index contributed by atoms with van der Waals surface area (Å²) < 4.78 is 32.3. The quantitative estimate of drug-likeness (QED) is 0.335. The molecule has 2 aliphatic heterocycles. The first-order valence-electron chi connectivity index (χ1n) is 14.8. The maximum atomic E-state index is 15.9. The van der Waals surface area contributed by atoms with E-state index in [1.807, 2.05) is 22.7 Å². The number of fused-ring (bicyclic) bond motifs is 3. The number of likely N-dealkylation sites (tertiary alicyclic amines) is 1. The average Bonchev–Trinajstić information content (AvgIpc) is 3.68. The third kappa shape index (κ3) is 5.48. The van der Waals surface area contributed by atoms with Crippen molar-refractivity contribution in [3.8, 4) is 0 Å². The number of amides is 1. The van der Waals surface area contributed by atoms with Crippen LogP contribution in [0.1, 0.15) is 74.0 Å². The fourth-order valence-electron chi connectivity index (χ4n) is 6.44. The van der Waals surface area contributed by atoms with Crippen molar-refractivity contribution in [1.29, 1.82) is 0 Å². The number of benzene rings is 1. The zero-order chi connectivity index (χ0) is 27.9. The van der Waals surface area contributed by atoms with E-state index >= 15 is 4.39 Å². The molecule has 214 valence electrons. The smallest absolute Gasteiger partial charge is 0.251 e. The van der Waals surface area contributed by atoms with Gasteiger partial charge in [-0.1, -0.05) is 30.4 Å². The number of halogens is 2. The summed E-state index contributed by atoms with van der Waals surface area (Å²) in [6, 6.07) is 4.33. The highest BCUT2D eigenvalue weighted by Gasteiger charge is 2.37. The molecule has 2 atom stereocenters. The Kier molecular flexibility index (Phi) is 7.81. The van der Waals surface area contributed by atoms with E-state index in [-0.39, 0.29) is 11.9 Å². The monoisotopic (exact) mass is 567 g/mol. The molecule has 2 aromatic heterocycles. The van der Waals surface area contributed by atoms with E-state index in [1.165, 1.54) is 11.3 Å². The average molecular weight is 568 g/mol. The molecule has 0 saturated carbocycles. The molecule has 6 rings (SSSR count). The van der Waals surface area contributed by atoms with Gasteiger partial charge >= 0.3 is 0 Å². The van der Waals surface area contributed by atoms with Crippen LogP contribution in [0.2, 0.25) is 0 Å². The molecule has 1 aliphatic carbocycles. The Morgan fingerprint density at radius 3 is 2.80 bits per heavy atom. The van der Waals surface area contributed by atoms with E-state index in [4.69, 9.17) is 4.98 Å². The Balaban J connectivity index is 1.18. The van der Waals surface area contributed by atoms with E-state index in [2.05, 4.69) is 34.6 Å². The predicted molar refractivity (Wildman–Crippen MR) is 159 cm³/mol. The van der Waals surface area contributed by atoms with Gasteiger partial charge in [-0.2, -0.15) is 0 Å². The highest BCUT2D eigenvalue weighted by Crippen LogP contribution is 2.41. The molecule has 1 aromatic carbocycles. The van der Waals surface area contributed by atoms with E-state index in [0.29, 0.717) is 42.6 Å². The van der Waals surface area contributed by atoms with Crippen molar-refractivity contribution >= 4 is 38.0 Å². The number of nitrogens with zero attached hydrogens (tertiary/aromatic N) is 3. The van der Waals surface area contributed by atoms with Crippen LogP contribution in [0.4, 0.5) is 8.78 Å². The summed E-state index contributed by atoms with van der Waals surface area (Å²) in [6.45, 7) is 7.78. The van der Waals surface area contributed by atoms with E-state index in [1.54, 1.807) is 6.92 Å². The van der Waals surface area contributed by atoms with E-state index < -0.39 is 11.8 Å². The van der Waals surface area contributed by atoms with Crippen LogP contribution in [0, 0.1) is 0 Å². The molecule has 0 radical (unpaired) electrons. The van der Waals surface area contributed by atoms with Crippen LogP contribution >= 0.6 is 11.3 Å². The van der Waals surface area contributed by atoms with Crippen molar-refractivity contribution in [2.24, 2.45) is 0 Å². The molecule has 0 spiro atoms. The Morgan fingerprint density at radius 2 is 2.08 bits per heavy atom. The molecule has 2 N–H and O–H groups in total. The van der Waals surface area contributed by atoms with Gasteiger partial charge in [-0.05, 0) is 81.8 Å². The molecule has 3 aliphatic rings. The van der Waals surface area contributed by atoms with Gasteiger partial charge in [-0.15, -0.1) is 0 Å². The predicted octanol–water partition coefficient (Wildman–Crippen LogP) is 5.86. The number of carbonyl (C=O) groups excluding carboxylic acids is 1. The number of hydrogen-bond acceptors (Lipinski definition) is 5. The SMILES string of the molecule is CCc1cc2c(cc1C(=O)NCCCN1CCC(F)CC1)sc1nc(C3=CC=C(C4CCCN4)CC3(C)F)cn12. The summed E-state index contributed by atoms with van der Waals surface area (Å²) in [5.74, 6) is -0.0622. The van der Waals surface area contributed by atoms with Gasteiger partial charge in [0.2, 0.25) is 0 Å². The minimum absolute atomic E-state index is 0.0622. The fourth-order valence-corrected chi connectivity index (χ4v) is 7.47. The first-order chi connectivity index (χ1) is 19.3. The lowest BCUT2D eigenvalue weighted by molar-refractivity contribution is 0.0949. The second-order valence-corrected chi connectivity index (χ2v) is 12.7. The molecular weight excluding hydrogens is 528 g/mol. The van der Waals surface area contributed by atoms with Gasteiger partial charge in [-0.25, -0.2) is 13.8 Å². The zero-order valence-corrected chi connectivity index (χ0v) is 24.3. The van der Waals surface area contributed by atoms with Crippen molar-refractivity contribution in [1.82, 2.24) is 24.9 Å². The molecule has 2 unspecified atom stereocenters. The number of nitrogens with one attached hydrogen (secondary N) is 2. The van der Waals surface area contributed by atoms with Gasteiger partial charge in [0, 0.05) is 49.4 Å². The normalized spacial score (nSPS) is 24.6. The summed E-state index contributed by atoms with van der Waals surface area (Å²) in [5.41, 5.74) is 3.63. The van der Waals surface area contributed by atoms with Crippen LogP contribution in [-0.2, 0) is 6.42 Å². The van der Waals surface area contributed by atoms with Gasteiger partial charge < -0.3 is 15.5 Å². The molecule has 1 amide bonds. The number of rotatable bonds is 8. The molecule has 4 heterocycles. The standard InChI is InChI=1S/C31H39F2N5OS/c1-3-20-16-27-28(17-23(20)29(39)35-12-5-13-37-14-9-22(32)10-15-37)40-30-36-26(19-38(27)30)24-8-7-21(18-31(24,2)33)25-6-4-11-34-25/h7-8,16-17,19,22,25,34H,3-6,9-15,18H2,1-2H3,(H,35,39). The molecule has 0 bridgehead atoms. The van der Waals surface area contributed by atoms with Gasteiger partial charge in [-0.3, -0.25) is 9.20 Å². The summed E-state index contributed by atoms with van der Waals surface area (Å²) in [5, 5.41) is 6.57. The first-order valence-corrected chi connectivity index (χ1v) is 15.6. The Labute approximate surface area is 238 Å². The van der Waals surface area contributed by atoms with Crippen LogP contribution < -0.4 is 10.6 Å². The van der Waals surface area contributed by atoms with Crippen LogP contribution in [0.5, 0.6) is 0 Å². The summed E-state index contributed by atoms with van der Waals surface area (Å²) in [6.07, 6.45) is 10.7. The third-order valence-electron chi connectivity index (χ3n) is 8.74. The molecule has 3 aromatic rings. The second-order valence-electron chi connectivity index (χ2n) is 11.7. The highest BCUT2D eigenvalue weighted by atomic mass is 32.1.